The first kappa shape index (κ1) is 14.3. The number of rotatable bonds is 6. The van der Waals surface area contributed by atoms with Gasteiger partial charge in [0.1, 0.15) is 23.1 Å². The van der Waals surface area contributed by atoms with Gasteiger partial charge in [0, 0.05) is 12.1 Å². The Kier molecular flexibility index (Phi) is 4.96. The summed E-state index contributed by atoms with van der Waals surface area (Å²) in [6, 6.07) is 12.1. The SMILES string of the molecule is CCOc1ccc(Oc2cccc(F)c2CNC)cc1. The van der Waals surface area contributed by atoms with Gasteiger partial charge in [-0.3, -0.25) is 0 Å². The quantitative estimate of drug-likeness (QED) is 0.871. The monoisotopic (exact) mass is 275 g/mol. The zero-order valence-electron chi connectivity index (χ0n) is 11.7. The fourth-order valence-electron chi connectivity index (χ4n) is 1.88. The number of hydrogen-bond donors (Lipinski definition) is 1. The molecule has 20 heavy (non-hydrogen) atoms. The van der Waals surface area contributed by atoms with Gasteiger partial charge in [0.15, 0.2) is 0 Å². The molecule has 2 rings (SSSR count). The van der Waals surface area contributed by atoms with Gasteiger partial charge in [-0.1, -0.05) is 6.07 Å². The van der Waals surface area contributed by atoms with Gasteiger partial charge >= 0.3 is 0 Å². The lowest BCUT2D eigenvalue weighted by Crippen LogP contribution is -2.08. The molecule has 0 aromatic heterocycles. The molecular formula is C16H18FNO2. The van der Waals surface area contributed by atoms with E-state index in [9.17, 15) is 4.39 Å². The third-order valence-electron chi connectivity index (χ3n) is 2.79. The van der Waals surface area contributed by atoms with Crippen molar-refractivity contribution in [3.63, 3.8) is 0 Å². The van der Waals surface area contributed by atoms with E-state index in [-0.39, 0.29) is 5.82 Å². The van der Waals surface area contributed by atoms with Crippen molar-refractivity contribution in [2.45, 2.75) is 13.5 Å². The lowest BCUT2D eigenvalue weighted by atomic mass is 10.2. The Balaban J connectivity index is 2.19. The molecule has 0 radical (unpaired) electrons. The molecule has 0 aliphatic rings. The molecule has 0 bridgehead atoms. The molecule has 4 heteroatoms. The third kappa shape index (κ3) is 3.48. The maximum absolute atomic E-state index is 13.8. The summed E-state index contributed by atoms with van der Waals surface area (Å²) in [7, 11) is 1.77. The van der Waals surface area contributed by atoms with E-state index in [1.54, 1.807) is 31.3 Å². The highest BCUT2D eigenvalue weighted by Crippen LogP contribution is 2.28. The Hall–Kier alpha value is -2.07. The number of ether oxygens (including phenoxy) is 2. The summed E-state index contributed by atoms with van der Waals surface area (Å²) in [5, 5.41) is 2.94. The molecule has 0 spiro atoms. The molecule has 0 aliphatic heterocycles. The van der Waals surface area contributed by atoms with Crippen LogP contribution in [0.5, 0.6) is 17.2 Å². The Morgan fingerprint density at radius 1 is 1.05 bits per heavy atom. The van der Waals surface area contributed by atoms with Crippen LogP contribution in [0.25, 0.3) is 0 Å². The van der Waals surface area contributed by atoms with E-state index in [1.807, 2.05) is 19.1 Å². The smallest absolute Gasteiger partial charge is 0.134 e. The van der Waals surface area contributed by atoms with Gasteiger partial charge in [-0.05, 0) is 50.4 Å². The van der Waals surface area contributed by atoms with Gasteiger partial charge in [-0.25, -0.2) is 4.39 Å². The second-order valence-electron chi connectivity index (χ2n) is 4.25. The van der Waals surface area contributed by atoms with Crippen LogP contribution >= 0.6 is 0 Å². The first-order valence-electron chi connectivity index (χ1n) is 6.57. The Morgan fingerprint density at radius 2 is 1.75 bits per heavy atom. The van der Waals surface area contributed by atoms with E-state index in [0.29, 0.717) is 30.2 Å². The molecule has 0 fully saturated rings. The molecule has 0 unspecified atom stereocenters. The average molecular weight is 275 g/mol. The zero-order chi connectivity index (χ0) is 14.4. The van der Waals surface area contributed by atoms with Crippen LogP contribution in [0.3, 0.4) is 0 Å². The Bertz CT molecular complexity index is 555. The van der Waals surface area contributed by atoms with Crippen LogP contribution in [0.4, 0.5) is 4.39 Å². The molecule has 0 heterocycles. The van der Waals surface area contributed by atoms with Crippen LogP contribution in [0.2, 0.25) is 0 Å². The zero-order valence-corrected chi connectivity index (χ0v) is 11.7. The Morgan fingerprint density at radius 3 is 2.40 bits per heavy atom. The molecule has 0 saturated carbocycles. The summed E-state index contributed by atoms with van der Waals surface area (Å²) in [5.41, 5.74) is 0.517. The highest BCUT2D eigenvalue weighted by molar-refractivity contribution is 5.40. The van der Waals surface area contributed by atoms with Crippen molar-refractivity contribution in [3.8, 4) is 17.2 Å². The van der Waals surface area contributed by atoms with Crippen LogP contribution in [0.15, 0.2) is 42.5 Å². The summed E-state index contributed by atoms with van der Waals surface area (Å²) in [5.74, 6) is 1.68. The van der Waals surface area contributed by atoms with Crippen molar-refractivity contribution >= 4 is 0 Å². The molecule has 0 aliphatic carbocycles. The molecule has 2 aromatic carbocycles. The van der Waals surface area contributed by atoms with Crippen LogP contribution in [-0.2, 0) is 6.54 Å². The fourth-order valence-corrected chi connectivity index (χ4v) is 1.88. The van der Waals surface area contributed by atoms with Gasteiger partial charge in [-0.2, -0.15) is 0 Å². The highest BCUT2D eigenvalue weighted by atomic mass is 19.1. The standard InChI is InChI=1S/C16H18FNO2/c1-3-19-12-7-9-13(10-8-12)20-16-6-4-5-15(17)14(16)11-18-2/h4-10,18H,3,11H2,1-2H3. The number of benzene rings is 2. The van der Waals surface area contributed by atoms with Crippen molar-refractivity contribution in [3.05, 3.63) is 53.8 Å². The summed E-state index contributed by atoms with van der Waals surface area (Å²) in [4.78, 5) is 0. The predicted octanol–water partition coefficient (Wildman–Crippen LogP) is 3.74. The molecule has 0 saturated heterocycles. The average Bonchev–Trinajstić information content (AvgIpc) is 2.45. The van der Waals surface area contributed by atoms with Gasteiger partial charge in [0.25, 0.3) is 0 Å². The third-order valence-corrected chi connectivity index (χ3v) is 2.79. The van der Waals surface area contributed by atoms with Crippen molar-refractivity contribution in [1.82, 2.24) is 5.32 Å². The van der Waals surface area contributed by atoms with Crippen LogP contribution in [0.1, 0.15) is 12.5 Å². The summed E-state index contributed by atoms with van der Waals surface area (Å²) in [6.45, 7) is 2.97. The second-order valence-corrected chi connectivity index (χ2v) is 4.25. The van der Waals surface area contributed by atoms with Crippen LogP contribution < -0.4 is 14.8 Å². The first-order chi connectivity index (χ1) is 9.74. The summed E-state index contributed by atoms with van der Waals surface area (Å²) < 4.78 is 24.9. The molecule has 2 aromatic rings. The van der Waals surface area contributed by atoms with Crippen LogP contribution in [-0.4, -0.2) is 13.7 Å². The highest BCUT2D eigenvalue weighted by Gasteiger charge is 2.09. The maximum atomic E-state index is 13.8. The van der Waals surface area contributed by atoms with E-state index < -0.39 is 0 Å². The number of nitrogens with one attached hydrogen (secondary N) is 1. The van der Waals surface area contributed by atoms with Gasteiger partial charge in [0.05, 0.1) is 6.61 Å². The summed E-state index contributed by atoms with van der Waals surface area (Å²) in [6.07, 6.45) is 0. The van der Waals surface area contributed by atoms with Gasteiger partial charge in [-0.15, -0.1) is 0 Å². The lowest BCUT2D eigenvalue weighted by molar-refractivity contribution is 0.339. The first-order valence-corrected chi connectivity index (χ1v) is 6.57. The minimum atomic E-state index is -0.275. The Labute approximate surface area is 118 Å². The molecule has 3 nitrogen and oxygen atoms in total. The normalized spacial score (nSPS) is 10.3. The predicted molar refractivity (Wildman–Crippen MR) is 76.8 cm³/mol. The number of hydrogen-bond acceptors (Lipinski definition) is 3. The van der Waals surface area contributed by atoms with Crippen molar-refractivity contribution in [1.29, 1.82) is 0 Å². The van der Waals surface area contributed by atoms with Crippen molar-refractivity contribution in [2.24, 2.45) is 0 Å². The largest absolute Gasteiger partial charge is 0.494 e. The van der Waals surface area contributed by atoms with E-state index >= 15 is 0 Å². The maximum Gasteiger partial charge on any atom is 0.134 e. The van der Waals surface area contributed by atoms with E-state index in [4.69, 9.17) is 9.47 Å². The van der Waals surface area contributed by atoms with Crippen LogP contribution in [0, 0.1) is 5.82 Å². The lowest BCUT2D eigenvalue weighted by Gasteiger charge is -2.12. The minimum absolute atomic E-state index is 0.275. The molecule has 0 atom stereocenters. The van der Waals surface area contributed by atoms with Gasteiger partial charge in [0.2, 0.25) is 0 Å². The minimum Gasteiger partial charge on any atom is -0.494 e. The van der Waals surface area contributed by atoms with Gasteiger partial charge < -0.3 is 14.8 Å². The van der Waals surface area contributed by atoms with Crippen molar-refractivity contribution < 1.29 is 13.9 Å². The van der Waals surface area contributed by atoms with E-state index in [0.717, 1.165) is 5.75 Å². The van der Waals surface area contributed by atoms with E-state index in [1.165, 1.54) is 6.07 Å². The molecule has 106 valence electrons. The summed E-state index contributed by atoms with van der Waals surface area (Å²) >= 11 is 0. The second kappa shape index (κ2) is 6.91. The van der Waals surface area contributed by atoms with E-state index in [2.05, 4.69) is 5.32 Å². The molecule has 1 N–H and O–H groups in total. The topological polar surface area (TPSA) is 30.5 Å². The molecule has 0 amide bonds. The van der Waals surface area contributed by atoms with Crippen molar-refractivity contribution in [2.75, 3.05) is 13.7 Å². The molecular weight excluding hydrogens is 257 g/mol. The number of halogens is 1. The fraction of sp³-hybridized carbons (Fsp3) is 0.250.